The number of aliphatic carboxylic acids is 1. The molecule has 0 radical (unpaired) electrons. The van der Waals surface area contributed by atoms with Crippen LogP contribution in [0.4, 0.5) is 0 Å². The predicted octanol–water partition coefficient (Wildman–Crippen LogP) is 1.70. The van der Waals surface area contributed by atoms with E-state index in [1.54, 1.807) is 0 Å². The van der Waals surface area contributed by atoms with Gasteiger partial charge in [-0.25, -0.2) is 4.79 Å². The highest BCUT2D eigenvalue weighted by Gasteiger charge is 2.21. The molecule has 7 heteroatoms. The Morgan fingerprint density at radius 3 is 1.90 bits per heavy atom. The lowest BCUT2D eigenvalue weighted by molar-refractivity contribution is -0.135. The Bertz CT molecular complexity index is 534. The molecule has 0 saturated carbocycles. The van der Waals surface area contributed by atoms with Gasteiger partial charge >= 0.3 is 5.97 Å². The van der Waals surface area contributed by atoms with E-state index in [2.05, 4.69) is 0 Å². The van der Waals surface area contributed by atoms with Crippen LogP contribution in [0, 0.1) is 0 Å². The van der Waals surface area contributed by atoms with Gasteiger partial charge in [0.2, 0.25) is 17.3 Å². The minimum Gasteiger partial charge on any atom is -0.502 e. The van der Waals surface area contributed by atoms with Gasteiger partial charge < -0.3 is 29.2 Å². The van der Waals surface area contributed by atoms with Gasteiger partial charge in [-0.3, -0.25) is 0 Å². The Balaban J connectivity index is 3.59. The van der Waals surface area contributed by atoms with Crippen LogP contribution >= 0.6 is 0 Å². The molecular weight excluding hydrogens is 268 g/mol. The molecule has 0 aliphatic rings. The summed E-state index contributed by atoms with van der Waals surface area (Å²) in [4.78, 5) is 10.7. The maximum absolute atomic E-state index is 10.7. The number of rotatable bonds is 6. The highest BCUT2D eigenvalue weighted by Crippen LogP contribution is 2.47. The molecule has 0 unspecified atom stereocenters. The highest BCUT2D eigenvalue weighted by molar-refractivity contribution is 5.90. The van der Waals surface area contributed by atoms with Crippen molar-refractivity contribution in [3.63, 3.8) is 0 Å². The molecule has 0 fully saturated rings. The SMILES string of the molecule is COc1cc(/C=C(\O)C(=O)O)c(OC)c(OC)c1OC. The number of methoxy groups -OCH3 is 4. The molecule has 7 nitrogen and oxygen atoms in total. The number of carboxylic acids is 1. The second kappa shape index (κ2) is 6.55. The molecule has 0 aliphatic carbocycles. The first-order valence-corrected chi connectivity index (χ1v) is 5.51. The third kappa shape index (κ3) is 2.87. The lowest BCUT2D eigenvalue weighted by atomic mass is 10.1. The summed E-state index contributed by atoms with van der Waals surface area (Å²) in [6, 6.07) is 1.47. The first-order valence-electron chi connectivity index (χ1n) is 5.51. The Hall–Kier alpha value is -2.57. The molecule has 20 heavy (non-hydrogen) atoms. The van der Waals surface area contributed by atoms with E-state index >= 15 is 0 Å². The average Bonchev–Trinajstić information content (AvgIpc) is 2.45. The average molecular weight is 284 g/mol. The lowest BCUT2D eigenvalue weighted by Crippen LogP contribution is -2.02. The summed E-state index contributed by atoms with van der Waals surface area (Å²) >= 11 is 0. The van der Waals surface area contributed by atoms with Crippen molar-refractivity contribution in [3.8, 4) is 23.0 Å². The van der Waals surface area contributed by atoms with E-state index in [1.165, 1.54) is 34.5 Å². The molecule has 0 aliphatic heterocycles. The minimum absolute atomic E-state index is 0.220. The van der Waals surface area contributed by atoms with Gasteiger partial charge in [0, 0.05) is 5.56 Å². The van der Waals surface area contributed by atoms with Gasteiger partial charge in [-0.15, -0.1) is 0 Å². The quantitative estimate of drug-likeness (QED) is 0.606. The van der Waals surface area contributed by atoms with Gasteiger partial charge in [-0.2, -0.15) is 0 Å². The number of aliphatic hydroxyl groups is 1. The van der Waals surface area contributed by atoms with Crippen LogP contribution in [0.1, 0.15) is 5.56 Å². The van der Waals surface area contributed by atoms with Crippen LogP contribution in [0.15, 0.2) is 11.8 Å². The zero-order valence-electron chi connectivity index (χ0n) is 11.6. The van der Waals surface area contributed by atoms with Crippen molar-refractivity contribution in [1.82, 2.24) is 0 Å². The Labute approximate surface area is 116 Å². The van der Waals surface area contributed by atoms with Crippen molar-refractivity contribution >= 4 is 12.0 Å². The predicted molar refractivity (Wildman–Crippen MR) is 70.9 cm³/mol. The van der Waals surface area contributed by atoms with Crippen molar-refractivity contribution in [1.29, 1.82) is 0 Å². The molecule has 0 spiro atoms. The molecule has 0 amide bonds. The number of carbonyl (C=O) groups is 1. The number of aliphatic hydroxyl groups excluding tert-OH is 1. The second-order valence-corrected chi connectivity index (χ2v) is 3.60. The van der Waals surface area contributed by atoms with Gasteiger partial charge in [-0.05, 0) is 12.1 Å². The lowest BCUT2D eigenvalue weighted by Gasteiger charge is -2.17. The molecule has 1 aromatic rings. The summed E-state index contributed by atoms with van der Waals surface area (Å²) in [5.74, 6) is -1.22. The van der Waals surface area contributed by atoms with E-state index in [4.69, 9.17) is 24.1 Å². The Morgan fingerprint density at radius 1 is 0.950 bits per heavy atom. The van der Waals surface area contributed by atoms with Crippen molar-refractivity contribution in [3.05, 3.63) is 17.4 Å². The van der Waals surface area contributed by atoms with Crippen LogP contribution in [-0.2, 0) is 4.79 Å². The van der Waals surface area contributed by atoms with E-state index < -0.39 is 11.7 Å². The second-order valence-electron chi connectivity index (χ2n) is 3.60. The van der Waals surface area contributed by atoms with Gasteiger partial charge in [0.15, 0.2) is 11.5 Å². The number of ether oxygens (including phenoxy) is 4. The number of carboxylic acid groups (broad SMARTS) is 1. The molecule has 0 saturated heterocycles. The standard InChI is InChI=1S/C13H16O7/c1-17-9-6-7(5-8(14)13(15)16)10(18-2)12(20-4)11(9)19-3/h5-6,14H,1-4H3,(H,15,16)/b8-5-. The zero-order chi connectivity index (χ0) is 15.3. The third-order valence-corrected chi connectivity index (χ3v) is 2.53. The van der Waals surface area contributed by atoms with Crippen LogP contribution in [0.25, 0.3) is 6.08 Å². The first kappa shape index (κ1) is 15.5. The molecular formula is C13H16O7. The van der Waals surface area contributed by atoms with Gasteiger partial charge in [0.05, 0.1) is 28.4 Å². The fourth-order valence-electron chi connectivity index (χ4n) is 1.68. The van der Waals surface area contributed by atoms with Gasteiger partial charge in [0.25, 0.3) is 0 Å². The molecule has 110 valence electrons. The summed E-state index contributed by atoms with van der Waals surface area (Å²) < 4.78 is 20.7. The summed E-state index contributed by atoms with van der Waals surface area (Å²) in [5.41, 5.74) is 0.280. The molecule has 1 aromatic carbocycles. The molecule has 0 heterocycles. The fourth-order valence-corrected chi connectivity index (χ4v) is 1.68. The first-order chi connectivity index (χ1) is 9.49. The monoisotopic (exact) mass is 284 g/mol. The van der Waals surface area contributed by atoms with Gasteiger partial charge in [0.1, 0.15) is 0 Å². The van der Waals surface area contributed by atoms with Crippen LogP contribution in [0.2, 0.25) is 0 Å². The number of benzene rings is 1. The third-order valence-electron chi connectivity index (χ3n) is 2.53. The zero-order valence-corrected chi connectivity index (χ0v) is 11.6. The largest absolute Gasteiger partial charge is 0.502 e. The number of hydrogen-bond acceptors (Lipinski definition) is 6. The number of hydrogen-bond donors (Lipinski definition) is 2. The highest BCUT2D eigenvalue weighted by atomic mass is 16.5. The molecule has 0 aromatic heterocycles. The van der Waals surface area contributed by atoms with E-state index in [9.17, 15) is 9.90 Å². The summed E-state index contributed by atoms with van der Waals surface area (Å²) in [5, 5.41) is 18.1. The summed E-state index contributed by atoms with van der Waals surface area (Å²) in [7, 11) is 5.65. The van der Waals surface area contributed by atoms with E-state index in [1.807, 2.05) is 0 Å². The fraction of sp³-hybridized carbons (Fsp3) is 0.308. The maximum atomic E-state index is 10.7. The van der Waals surface area contributed by atoms with Gasteiger partial charge in [-0.1, -0.05) is 0 Å². The van der Waals surface area contributed by atoms with Crippen LogP contribution in [0.5, 0.6) is 23.0 Å². The Kier molecular flexibility index (Phi) is 5.08. The molecule has 1 rings (SSSR count). The topological polar surface area (TPSA) is 94.5 Å². The van der Waals surface area contributed by atoms with Crippen LogP contribution < -0.4 is 18.9 Å². The van der Waals surface area contributed by atoms with Crippen molar-refractivity contribution in [2.75, 3.05) is 28.4 Å². The van der Waals surface area contributed by atoms with Crippen molar-refractivity contribution in [2.24, 2.45) is 0 Å². The smallest absolute Gasteiger partial charge is 0.370 e. The molecule has 0 atom stereocenters. The van der Waals surface area contributed by atoms with Crippen molar-refractivity contribution < 1.29 is 34.0 Å². The summed E-state index contributed by atoms with van der Waals surface area (Å²) in [6.45, 7) is 0. The minimum atomic E-state index is -1.46. The van der Waals surface area contributed by atoms with E-state index in [0.29, 0.717) is 11.5 Å². The van der Waals surface area contributed by atoms with E-state index in [-0.39, 0.29) is 17.1 Å². The summed E-state index contributed by atoms with van der Waals surface area (Å²) in [6.07, 6.45) is 1.03. The molecule has 0 bridgehead atoms. The van der Waals surface area contributed by atoms with Crippen LogP contribution in [0.3, 0.4) is 0 Å². The maximum Gasteiger partial charge on any atom is 0.370 e. The molecule has 2 N–H and O–H groups in total. The Morgan fingerprint density at radius 2 is 1.50 bits per heavy atom. The normalized spacial score (nSPS) is 10.9. The van der Waals surface area contributed by atoms with E-state index in [0.717, 1.165) is 6.08 Å². The van der Waals surface area contributed by atoms with Crippen LogP contribution in [-0.4, -0.2) is 44.6 Å². The van der Waals surface area contributed by atoms with Crippen molar-refractivity contribution in [2.45, 2.75) is 0 Å².